The zero-order chi connectivity index (χ0) is 19.1. The normalized spacial score (nSPS) is 21.1. The van der Waals surface area contributed by atoms with Gasteiger partial charge in [0.05, 0.1) is 19.3 Å². The van der Waals surface area contributed by atoms with Crippen LogP contribution in [0.3, 0.4) is 0 Å². The Morgan fingerprint density at radius 3 is 2.63 bits per heavy atom. The molecule has 4 rings (SSSR count). The summed E-state index contributed by atoms with van der Waals surface area (Å²) in [6, 6.07) is 8.15. The molecule has 0 saturated carbocycles. The number of nitrogens with zero attached hydrogens (tertiary/aromatic N) is 4. The number of carbonyl (C=O) groups is 2. The number of methoxy groups -OCH3 is 1. The van der Waals surface area contributed by atoms with Crippen molar-refractivity contribution in [1.82, 2.24) is 5.01 Å². The first-order chi connectivity index (χ1) is 13.0. The van der Waals surface area contributed by atoms with Gasteiger partial charge in [-0.15, -0.1) is 0 Å². The van der Waals surface area contributed by atoms with Crippen molar-refractivity contribution in [2.45, 2.75) is 18.6 Å². The molecule has 1 fully saturated rings. The van der Waals surface area contributed by atoms with Crippen molar-refractivity contribution in [3.8, 4) is 5.75 Å². The van der Waals surface area contributed by atoms with Gasteiger partial charge in [-0.25, -0.2) is 13.7 Å². The van der Waals surface area contributed by atoms with Crippen LogP contribution >= 0.6 is 0 Å². The molecule has 0 bridgehead atoms. The first-order valence-corrected chi connectivity index (χ1v) is 8.13. The van der Waals surface area contributed by atoms with Crippen molar-refractivity contribution in [2.75, 3.05) is 12.0 Å². The number of fused-ring (bicyclic) bond motifs is 1. The molecular formula is C18H14F2N4O3. The molecular weight excluding hydrogens is 358 g/mol. The minimum absolute atomic E-state index is 0.0326. The molecule has 2 amide bonds. The molecule has 1 saturated heterocycles. The molecule has 9 heteroatoms. The van der Waals surface area contributed by atoms with Crippen molar-refractivity contribution < 1.29 is 23.1 Å². The fourth-order valence-electron chi connectivity index (χ4n) is 3.19. The first kappa shape index (κ1) is 17.1. The number of anilines is 1. The highest BCUT2D eigenvalue weighted by molar-refractivity contribution is 6.25. The predicted octanol–water partition coefficient (Wildman–Crippen LogP) is 2.47. The molecule has 0 aromatic heterocycles. The van der Waals surface area contributed by atoms with E-state index >= 15 is 0 Å². The van der Waals surface area contributed by atoms with Crippen LogP contribution in [0.1, 0.15) is 5.56 Å². The van der Waals surface area contributed by atoms with E-state index in [2.05, 4.69) is 10.3 Å². The molecule has 0 radical (unpaired) electrons. The number of imide groups is 1. The van der Waals surface area contributed by atoms with Crippen molar-refractivity contribution in [3.05, 3.63) is 59.7 Å². The van der Waals surface area contributed by atoms with E-state index in [9.17, 15) is 18.4 Å². The summed E-state index contributed by atoms with van der Waals surface area (Å²) in [6.07, 6.45) is 0. The summed E-state index contributed by atoms with van der Waals surface area (Å²) in [5, 5.41) is 9.27. The predicted molar refractivity (Wildman–Crippen MR) is 89.8 cm³/mol. The maximum atomic E-state index is 13.5. The highest BCUT2D eigenvalue weighted by atomic mass is 19.2. The van der Waals surface area contributed by atoms with Crippen LogP contribution in [0.2, 0.25) is 0 Å². The lowest BCUT2D eigenvalue weighted by molar-refractivity contribution is -0.123. The van der Waals surface area contributed by atoms with Gasteiger partial charge in [-0.05, 0) is 29.8 Å². The lowest BCUT2D eigenvalue weighted by atomic mass is 10.1. The smallest absolute Gasteiger partial charge is 0.263 e. The Bertz CT molecular complexity index is 965. The third-order valence-corrected chi connectivity index (χ3v) is 4.50. The van der Waals surface area contributed by atoms with Gasteiger partial charge in [-0.1, -0.05) is 17.4 Å². The minimum Gasteiger partial charge on any atom is -0.497 e. The lowest BCUT2D eigenvalue weighted by Crippen LogP contribution is -2.39. The number of hydrogen-bond acceptors (Lipinski definition) is 6. The second-order valence-corrected chi connectivity index (χ2v) is 6.15. The van der Waals surface area contributed by atoms with E-state index < -0.39 is 35.5 Å². The van der Waals surface area contributed by atoms with Crippen LogP contribution in [-0.4, -0.2) is 36.0 Å². The second-order valence-electron chi connectivity index (χ2n) is 6.15. The van der Waals surface area contributed by atoms with Gasteiger partial charge >= 0.3 is 0 Å². The Hall–Kier alpha value is -3.36. The minimum atomic E-state index is -1.14. The van der Waals surface area contributed by atoms with Gasteiger partial charge in [-0.3, -0.25) is 14.6 Å². The fraction of sp³-hybridized carbons (Fsp3) is 0.222. The van der Waals surface area contributed by atoms with Gasteiger partial charge in [0, 0.05) is 6.07 Å². The van der Waals surface area contributed by atoms with Crippen molar-refractivity contribution >= 4 is 17.5 Å². The summed E-state index contributed by atoms with van der Waals surface area (Å²) in [4.78, 5) is 26.2. The number of rotatable bonds is 4. The highest BCUT2D eigenvalue weighted by Crippen LogP contribution is 2.33. The SMILES string of the molecule is COc1cccc(CN2N=N[C@H]3C(=O)N(c4ccc(F)c(F)c4)C(=O)[C@H]32)c1. The molecule has 0 spiro atoms. The largest absolute Gasteiger partial charge is 0.497 e. The van der Waals surface area contributed by atoms with Crippen molar-refractivity contribution in [1.29, 1.82) is 0 Å². The standard InChI is InChI=1S/C18H14F2N4O3/c1-27-12-4-2-3-10(7-12)9-23-16-15(21-22-23)17(25)24(18(16)26)11-5-6-13(19)14(20)8-11/h2-8,15-16H,9H2,1H3/t15-,16+/m1/s1. The van der Waals surface area contributed by atoms with Crippen molar-refractivity contribution in [2.24, 2.45) is 10.3 Å². The fourth-order valence-corrected chi connectivity index (χ4v) is 3.19. The first-order valence-electron chi connectivity index (χ1n) is 8.13. The summed E-state index contributed by atoms with van der Waals surface area (Å²) in [6.45, 7) is 0.243. The van der Waals surface area contributed by atoms with Crippen LogP contribution < -0.4 is 9.64 Å². The van der Waals surface area contributed by atoms with Crippen LogP contribution in [0.4, 0.5) is 14.5 Å². The number of halogens is 2. The topological polar surface area (TPSA) is 74.6 Å². The molecule has 2 aliphatic heterocycles. The molecule has 2 atom stereocenters. The molecule has 0 N–H and O–H groups in total. The quantitative estimate of drug-likeness (QED) is 0.773. The number of carbonyl (C=O) groups excluding carboxylic acids is 2. The molecule has 2 aliphatic rings. The van der Waals surface area contributed by atoms with Gasteiger partial charge in [0.1, 0.15) is 5.75 Å². The van der Waals surface area contributed by atoms with Gasteiger partial charge in [0.15, 0.2) is 23.7 Å². The maximum absolute atomic E-state index is 13.5. The monoisotopic (exact) mass is 372 g/mol. The van der Waals surface area contributed by atoms with Gasteiger partial charge in [-0.2, -0.15) is 5.11 Å². The van der Waals surface area contributed by atoms with E-state index in [1.165, 1.54) is 11.1 Å². The Morgan fingerprint density at radius 1 is 1.07 bits per heavy atom. The zero-order valence-corrected chi connectivity index (χ0v) is 14.2. The van der Waals surface area contributed by atoms with E-state index in [0.717, 1.165) is 22.6 Å². The second kappa shape index (κ2) is 6.42. The zero-order valence-electron chi connectivity index (χ0n) is 14.2. The molecule has 0 unspecified atom stereocenters. The molecule has 138 valence electrons. The summed E-state index contributed by atoms with van der Waals surface area (Å²) in [5.74, 6) is -2.74. The maximum Gasteiger partial charge on any atom is 0.263 e. The van der Waals surface area contributed by atoms with Crippen LogP contribution in [-0.2, 0) is 16.1 Å². The molecule has 2 heterocycles. The number of ether oxygens (including phenoxy) is 1. The molecule has 2 aromatic carbocycles. The third kappa shape index (κ3) is 2.80. The van der Waals surface area contributed by atoms with Gasteiger partial charge in [0.25, 0.3) is 11.8 Å². The summed E-state index contributed by atoms with van der Waals surface area (Å²) in [5.41, 5.74) is 0.787. The van der Waals surface area contributed by atoms with Crippen LogP contribution in [0.15, 0.2) is 52.8 Å². The summed E-state index contributed by atoms with van der Waals surface area (Å²) >= 11 is 0. The molecule has 2 aromatic rings. The Labute approximate surface area is 152 Å². The van der Waals surface area contributed by atoms with Crippen molar-refractivity contribution in [3.63, 3.8) is 0 Å². The highest BCUT2D eigenvalue weighted by Gasteiger charge is 2.54. The van der Waals surface area contributed by atoms with E-state index in [1.54, 1.807) is 25.3 Å². The van der Waals surface area contributed by atoms with Crippen LogP contribution in [0.5, 0.6) is 5.75 Å². The third-order valence-electron chi connectivity index (χ3n) is 4.50. The number of hydrogen-bond donors (Lipinski definition) is 0. The number of benzene rings is 2. The van der Waals surface area contributed by atoms with E-state index in [1.807, 2.05) is 6.07 Å². The Balaban J connectivity index is 1.60. The van der Waals surface area contributed by atoms with E-state index in [0.29, 0.717) is 5.75 Å². The van der Waals surface area contributed by atoms with Gasteiger partial charge in [0.2, 0.25) is 0 Å². The van der Waals surface area contributed by atoms with Crippen LogP contribution in [0.25, 0.3) is 0 Å². The van der Waals surface area contributed by atoms with Gasteiger partial charge < -0.3 is 4.74 Å². The Morgan fingerprint density at radius 2 is 1.89 bits per heavy atom. The Kier molecular flexibility index (Phi) is 4.06. The molecule has 0 aliphatic carbocycles. The number of amides is 2. The van der Waals surface area contributed by atoms with E-state index in [4.69, 9.17) is 4.74 Å². The van der Waals surface area contributed by atoms with E-state index in [-0.39, 0.29) is 12.2 Å². The lowest BCUT2D eigenvalue weighted by Gasteiger charge is -2.20. The van der Waals surface area contributed by atoms with Crippen LogP contribution in [0, 0.1) is 11.6 Å². The average Bonchev–Trinajstić information content (AvgIpc) is 3.18. The molecule has 7 nitrogen and oxygen atoms in total. The summed E-state index contributed by atoms with van der Waals surface area (Å²) < 4.78 is 31.9. The molecule has 27 heavy (non-hydrogen) atoms. The average molecular weight is 372 g/mol. The summed E-state index contributed by atoms with van der Waals surface area (Å²) in [7, 11) is 1.55.